The van der Waals surface area contributed by atoms with E-state index in [1.54, 1.807) is 0 Å². The summed E-state index contributed by atoms with van der Waals surface area (Å²) in [6.07, 6.45) is 7.65. The molecule has 1 saturated carbocycles. The summed E-state index contributed by atoms with van der Waals surface area (Å²) in [7, 11) is -4.17. The van der Waals surface area contributed by atoms with E-state index in [1.807, 2.05) is 6.26 Å². The molecule has 0 bridgehead atoms. The van der Waals surface area contributed by atoms with Gasteiger partial charge in [-0.2, -0.15) is 16.5 Å². The third-order valence-electron chi connectivity index (χ3n) is 6.41. The number of sulfonamides is 1. The van der Waals surface area contributed by atoms with Gasteiger partial charge < -0.3 is 10.1 Å². The lowest BCUT2D eigenvalue weighted by Crippen LogP contribution is -2.61. The molecule has 1 aromatic carbocycles. The van der Waals surface area contributed by atoms with Gasteiger partial charge >= 0.3 is 0 Å². The van der Waals surface area contributed by atoms with E-state index in [0.29, 0.717) is 31.9 Å². The quantitative estimate of drug-likeness (QED) is 0.527. The second kappa shape index (κ2) is 11.8. The Balaban J connectivity index is 1.71. The molecule has 1 aromatic rings. The summed E-state index contributed by atoms with van der Waals surface area (Å²) in [6, 6.07) is 4.24. The first-order valence-corrected chi connectivity index (χ1v) is 14.1. The van der Waals surface area contributed by atoms with Crippen molar-refractivity contribution in [1.82, 2.24) is 14.9 Å². The van der Waals surface area contributed by atoms with Crippen molar-refractivity contribution in [1.29, 1.82) is 0 Å². The molecule has 1 unspecified atom stereocenters. The summed E-state index contributed by atoms with van der Waals surface area (Å²) in [6.45, 7) is 3.53. The molecule has 1 heterocycles. The van der Waals surface area contributed by atoms with Crippen molar-refractivity contribution < 1.29 is 22.3 Å². The Kier molecular flexibility index (Phi) is 9.36. The Bertz CT molecular complexity index is 856. The van der Waals surface area contributed by atoms with Crippen LogP contribution in [0.15, 0.2) is 29.2 Å². The van der Waals surface area contributed by atoms with Gasteiger partial charge in [0.05, 0.1) is 13.2 Å². The first-order valence-electron chi connectivity index (χ1n) is 11.2. The van der Waals surface area contributed by atoms with Crippen LogP contribution in [-0.4, -0.2) is 75.7 Å². The maximum atomic E-state index is 14.1. The summed E-state index contributed by atoms with van der Waals surface area (Å²) < 4.78 is 47.6. The number of halogens is 1. The molecule has 32 heavy (non-hydrogen) atoms. The number of rotatable bonds is 10. The number of carbonyl (C=O) groups excluding carboxylic acids is 1. The molecule has 0 aromatic heterocycles. The highest BCUT2D eigenvalue weighted by molar-refractivity contribution is 7.98. The average molecular weight is 488 g/mol. The topological polar surface area (TPSA) is 87.7 Å². The van der Waals surface area contributed by atoms with E-state index in [4.69, 9.17) is 4.74 Å². The monoisotopic (exact) mass is 487 g/mol. The highest BCUT2D eigenvalue weighted by Crippen LogP contribution is 2.34. The number of ether oxygens (including phenoxy) is 1. The maximum Gasteiger partial charge on any atom is 0.244 e. The van der Waals surface area contributed by atoms with E-state index >= 15 is 0 Å². The molecular weight excluding hydrogens is 453 g/mol. The summed E-state index contributed by atoms with van der Waals surface area (Å²) in [5.41, 5.74) is -0.119. The molecule has 1 amide bonds. The van der Waals surface area contributed by atoms with Gasteiger partial charge in [-0.3, -0.25) is 9.69 Å². The van der Waals surface area contributed by atoms with Crippen LogP contribution < -0.4 is 10.0 Å². The Hall–Kier alpha value is -1.20. The van der Waals surface area contributed by atoms with Gasteiger partial charge in [0.15, 0.2) is 0 Å². The van der Waals surface area contributed by atoms with Crippen molar-refractivity contribution in [3.8, 4) is 0 Å². The molecule has 2 N–H and O–H groups in total. The molecule has 1 saturated heterocycles. The molecule has 0 radical (unpaired) electrons. The molecule has 7 nitrogen and oxygen atoms in total. The van der Waals surface area contributed by atoms with Gasteiger partial charge in [0.25, 0.3) is 0 Å². The molecule has 0 spiro atoms. The first-order chi connectivity index (χ1) is 15.4. The van der Waals surface area contributed by atoms with Crippen LogP contribution in [0.2, 0.25) is 0 Å². The van der Waals surface area contributed by atoms with Crippen LogP contribution in [0.4, 0.5) is 4.39 Å². The standard InChI is InChI=1S/C22H34FN3O4S2/c1-31-16-9-19(25-32(28,29)20-8-4-3-7-18(20)23)21(27)24-17-22(10-5-2-6-11-22)26-12-14-30-15-13-26/h3-4,7-8,19,25H,2,5-6,9-17H2,1H3,(H,24,27). The number of amides is 1. The zero-order valence-electron chi connectivity index (χ0n) is 18.6. The number of morpholine rings is 1. The van der Waals surface area contributed by atoms with Gasteiger partial charge in [-0.25, -0.2) is 12.8 Å². The largest absolute Gasteiger partial charge is 0.379 e. The lowest BCUT2D eigenvalue weighted by Gasteiger charge is -2.48. The van der Waals surface area contributed by atoms with E-state index in [2.05, 4.69) is 14.9 Å². The number of benzene rings is 1. The van der Waals surface area contributed by atoms with Gasteiger partial charge in [0.2, 0.25) is 15.9 Å². The second-order valence-electron chi connectivity index (χ2n) is 8.49. The smallest absolute Gasteiger partial charge is 0.244 e. The lowest BCUT2D eigenvalue weighted by molar-refractivity contribution is -0.124. The highest BCUT2D eigenvalue weighted by Gasteiger charge is 2.39. The minimum Gasteiger partial charge on any atom is -0.379 e. The van der Waals surface area contributed by atoms with Crippen molar-refractivity contribution >= 4 is 27.7 Å². The minimum atomic E-state index is -4.17. The van der Waals surface area contributed by atoms with Crippen LogP contribution in [0.25, 0.3) is 0 Å². The van der Waals surface area contributed by atoms with Gasteiger partial charge in [-0.15, -0.1) is 0 Å². The number of hydrogen-bond donors (Lipinski definition) is 2. The minimum absolute atomic E-state index is 0.119. The molecular formula is C22H34FN3O4S2. The van der Waals surface area contributed by atoms with E-state index in [0.717, 1.165) is 44.8 Å². The van der Waals surface area contributed by atoms with E-state index in [9.17, 15) is 17.6 Å². The lowest BCUT2D eigenvalue weighted by atomic mass is 9.79. The summed E-state index contributed by atoms with van der Waals surface area (Å²) in [5.74, 6) is -0.596. The predicted octanol–water partition coefficient (Wildman–Crippen LogP) is 2.38. The number of carbonyl (C=O) groups is 1. The summed E-state index contributed by atoms with van der Waals surface area (Å²) >= 11 is 1.53. The predicted molar refractivity (Wildman–Crippen MR) is 125 cm³/mol. The molecule has 10 heteroatoms. The fourth-order valence-corrected chi connectivity index (χ4v) is 6.40. The third kappa shape index (κ3) is 6.44. The SMILES string of the molecule is CSCCC(NS(=O)(=O)c1ccccc1F)C(=O)NCC1(N2CCOCC2)CCCCC1. The van der Waals surface area contributed by atoms with Crippen molar-refractivity contribution in [2.45, 2.75) is 55.0 Å². The van der Waals surface area contributed by atoms with E-state index in [1.165, 1.54) is 36.4 Å². The van der Waals surface area contributed by atoms with Crippen LogP contribution in [0, 0.1) is 5.82 Å². The Morgan fingerprint density at radius 1 is 1.22 bits per heavy atom. The van der Waals surface area contributed by atoms with Crippen LogP contribution in [0.5, 0.6) is 0 Å². The van der Waals surface area contributed by atoms with Crippen molar-refractivity contribution in [2.24, 2.45) is 0 Å². The number of hydrogen-bond acceptors (Lipinski definition) is 6. The molecule has 1 atom stereocenters. The molecule has 2 aliphatic rings. The van der Waals surface area contributed by atoms with Gasteiger partial charge in [-0.05, 0) is 43.4 Å². The van der Waals surface area contributed by atoms with Crippen LogP contribution in [0.3, 0.4) is 0 Å². The average Bonchev–Trinajstić information content (AvgIpc) is 2.81. The van der Waals surface area contributed by atoms with Crippen LogP contribution in [-0.2, 0) is 19.6 Å². The first kappa shape index (κ1) is 25.4. The number of nitrogens with one attached hydrogen (secondary N) is 2. The maximum absolute atomic E-state index is 14.1. The van der Waals surface area contributed by atoms with E-state index in [-0.39, 0.29) is 11.4 Å². The van der Waals surface area contributed by atoms with E-state index < -0.39 is 26.8 Å². The summed E-state index contributed by atoms with van der Waals surface area (Å²) in [4.78, 5) is 15.1. The van der Waals surface area contributed by atoms with Gasteiger partial charge in [0, 0.05) is 25.2 Å². The summed E-state index contributed by atoms with van der Waals surface area (Å²) in [5, 5.41) is 3.04. The molecule has 1 aliphatic heterocycles. The fourth-order valence-electron chi connectivity index (χ4n) is 4.62. The Morgan fingerprint density at radius 3 is 2.56 bits per heavy atom. The van der Waals surface area contributed by atoms with Gasteiger partial charge in [-0.1, -0.05) is 31.4 Å². The Labute approximate surface area is 194 Å². The third-order valence-corrected chi connectivity index (χ3v) is 8.56. The molecule has 1 aliphatic carbocycles. The zero-order chi connectivity index (χ0) is 23.0. The van der Waals surface area contributed by atoms with Crippen molar-refractivity contribution in [3.63, 3.8) is 0 Å². The zero-order valence-corrected chi connectivity index (χ0v) is 20.3. The normalized spacial score (nSPS) is 20.6. The number of nitrogens with zero attached hydrogens (tertiary/aromatic N) is 1. The van der Waals surface area contributed by atoms with Crippen LogP contribution in [0.1, 0.15) is 38.5 Å². The second-order valence-corrected chi connectivity index (χ2v) is 11.2. The molecule has 3 rings (SSSR count). The number of thioether (sulfide) groups is 1. The van der Waals surface area contributed by atoms with Crippen molar-refractivity contribution in [2.75, 3.05) is 44.9 Å². The van der Waals surface area contributed by atoms with Crippen molar-refractivity contribution in [3.05, 3.63) is 30.1 Å². The van der Waals surface area contributed by atoms with Gasteiger partial charge in [0.1, 0.15) is 16.8 Å². The fraction of sp³-hybridized carbons (Fsp3) is 0.682. The highest BCUT2D eigenvalue weighted by atomic mass is 32.2. The molecule has 180 valence electrons. The molecule has 2 fully saturated rings. The Morgan fingerprint density at radius 2 is 1.91 bits per heavy atom. The van der Waals surface area contributed by atoms with Crippen LogP contribution >= 0.6 is 11.8 Å².